The Labute approximate surface area is 85.1 Å². The normalized spacial score (nSPS) is 21.1. The topological polar surface area (TPSA) is 17.1 Å². The van der Waals surface area contributed by atoms with Gasteiger partial charge in [0.2, 0.25) is 0 Å². The molecule has 1 aliphatic carbocycles. The van der Waals surface area contributed by atoms with Crippen LogP contribution in [0.15, 0.2) is 24.3 Å². The fourth-order valence-electron chi connectivity index (χ4n) is 2.14. The van der Waals surface area contributed by atoms with Crippen molar-refractivity contribution < 1.29 is 4.79 Å². The van der Waals surface area contributed by atoms with Crippen LogP contribution in [0.5, 0.6) is 0 Å². The van der Waals surface area contributed by atoms with Gasteiger partial charge < -0.3 is 0 Å². The van der Waals surface area contributed by atoms with E-state index in [0.29, 0.717) is 5.78 Å². The number of ketones is 1. The number of fused-ring (bicyclic) bond motifs is 1. The Morgan fingerprint density at radius 1 is 1.21 bits per heavy atom. The molecule has 74 valence electrons. The van der Waals surface area contributed by atoms with Crippen molar-refractivity contribution in [3.8, 4) is 0 Å². The maximum absolute atomic E-state index is 12.0. The van der Waals surface area contributed by atoms with Crippen LogP contribution >= 0.6 is 0 Å². The van der Waals surface area contributed by atoms with Crippen LogP contribution < -0.4 is 0 Å². The lowest BCUT2D eigenvalue weighted by Gasteiger charge is -2.24. The Hall–Kier alpha value is -1.11. The fraction of sp³-hybridized carbons (Fsp3) is 0.462. The SMILES string of the molecule is CC(C)(C)C1Cc2ccccc2C1=O. The van der Waals surface area contributed by atoms with Crippen LogP contribution in [0.4, 0.5) is 0 Å². The number of hydrogen-bond acceptors (Lipinski definition) is 1. The van der Waals surface area contributed by atoms with Gasteiger partial charge in [0, 0.05) is 11.5 Å². The first-order valence-electron chi connectivity index (χ1n) is 5.12. The Morgan fingerprint density at radius 3 is 2.43 bits per heavy atom. The van der Waals surface area contributed by atoms with Crippen molar-refractivity contribution in [2.75, 3.05) is 0 Å². The van der Waals surface area contributed by atoms with Gasteiger partial charge in [-0.3, -0.25) is 4.79 Å². The van der Waals surface area contributed by atoms with Crippen molar-refractivity contribution in [2.45, 2.75) is 27.2 Å². The van der Waals surface area contributed by atoms with Crippen molar-refractivity contribution >= 4 is 5.78 Å². The van der Waals surface area contributed by atoms with Crippen molar-refractivity contribution in [1.29, 1.82) is 0 Å². The van der Waals surface area contributed by atoms with Gasteiger partial charge in [-0.1, -0.05) is 45.0 Å². The Morgan fingerprint density at radius 2 is 1.86 bits per heavy atom. The van der Waals surface area contributed by atoms with Gasteiger partial charge in [-0.2, -0.15) is 0 Å². The predicted molar refractivity (Wildman–Crippen MR) is 57.4 cm³/mol. The summed E-state index contributed by atoms with van der Waals surface area (Å²) in [6.45, 7) is 6.42. The molecular weight excluding hydrogens is 172 g/mol. The second-order valence-corrected chi connectivity index (χ2v) is 5.14. The van der Waals surface area contributed by atoms with Crippen molar-refractivity contribution in [3.63, 3.8) is 0 Å². The standard InChI is InChI=1S/C13H16O/c1-13(2,3)11-8-9-6-4-5-7-10(9)12(11)14/h4-7,11H,8H2,1-3H3. The minimum Gasteiger partial charge on any atom is -0.294 e. The number of rotatable bonds is 0. The largest absolute Gasteiger partial charge is 0.294 e. The molecule has 1 aromatic carbocycles. The van der Waals surface area contributed by atoms with Crippen LogP contribution in [-0.2, 0) is 6.42 Å². The zero-order chi connectivity index (χ0) is 10.3. The van der Waals surface area contributed by atoms with Gasteiger partial charge in [-0.15, -0.1) is 0 Å². The van der Waals surface area contributed by atoms with Crippen LogP contribution in [0.25, 0.3) is 0 Å². The summed E-state index contributed by atoms with van der Waals surface area (Å²) >= 11 is 0. The first-order chi connectivity index (χ1) is 6.50. The number of carbonyl (C=O) groups is 1. The number of Topliss-reactive ketones (excluding diaryl/α,β-unsaturated/α-hetero) is 1. The Balaban J connectivity index is 2.40. The number of benzene rings is 1. The van der Waals surface area contributed by atoms with Crippen LogP contribution in [0.2, 0.25) is 0 Å². The minimum atomic E-state index is 0.0795. The lowest BCUT2D eigenvalue weighted by molar-refractivity contribution is 0.0843. The van der Waals surface area contributed by atoms with Gasteiger partial charge >= 0.3 is 0 Å². The Bertz CT molecular complexity index is 371. The predicted octanol–water partition coefficient (Wildman–Crippen LogP) is 3.09. The molecule has 0 N–H and O–H groups in total. The summed E-state index contributed by atoms with van der Waals surface area (Å²) in [7, 11) is 0. The zero-order valence-corrected chi connectivity index (χ0v) is 9.00. The molecule has 2 rings (SSSR count). The average molecular weight is 188 g/mol. The van der Waals surface area contributed by atoms with Crippen LogP contribution in [0.3, 0.4) is 0 Å². The molecule has 1 nitrogen and oxygen atoms in total. The summed E-state index contributed by atoms with van der Waals surface area (Å²) in [5, 5.41) is 0. The molecule has 1 aromatic rings. The average Bonchev–Trinajstić information content (AvgIpc) is 2.44. The molecule has 0 saturated carbocycles. The molecule has 0 amide bonds. The van der Waals surface area contributed by atoms with E-state index in [1.807, 2.05) is 18.2 Å². The quantitative estimate of drug-likeness (QED) is 0.611. The fourth-order valence-corrected chi connectivity index (χ4v) is 2.14. The molecule has 14 heavy (non-hydrogen) atoms. The van der Waals surface area contributed by atoms with Crippen LogP contribution in [0, 0.1) is 11.3 Å². The summed E-state index contributed by atoms with van der Waals surface area (Å²) < 4.78 is 0. The molecule has 0 saturated heterocycles. The van der Waals surface area contributed by atoms with E-state index >= 15 is 0 Å². The van der Waals surface area contributed by atoms with E-state index in [0.717, 1.165) is 12.0 Å². The molecule has 0 aromatic heterocycles. The summed E-state index contributed by atoms with van der Waals surface area (Å²) in [5.41, 5.74) is 2.24. The monoisotopic (exact) mass is 188 g/mol. The summed E-state index contributed by atoms with van der Waals surface area (Å²) in [4.78, 5) is 12.0. The summed E-state index contributed by atoms with van der Waals surface area (Å²) in [5.74, 6) is 0.494. The van der Waals surface area contributed by atoms with Crippen molar-refractivity contribution in [1.82, 2.24) is 0 Å². The van der Waals surface area contributed by atoms with E-state index < -0.39 is 0 Å². The highest BCUT2D eigenvalue weighted by molar-refractivity contribution is 6.02. The van der Waals surface area contributed by atoms with Gasteiger partial charge in [0.1, 0.15) is 0 Å². The van der Waals surface area contributed by atoms with E-state index in [9.17, 15) is 4.79 Å². The first kappa shape index (κ1) is 9.45. The molecule has 0 aliphatic heterocycles. The molecule has 0 spiro atoms. The minimum absolute atomic E-state index is 0.0795. The second kappa shape index (κ2) is 2.94. The highest BCUT2D eigenvalue weighted by Gasteiger charge is 2.37. The summed E-state index contributed by atoms with van der Waals surface area (Å²) in [6.07, 6.45) is 0.915. The Kier molecular flexibility index (Phi) is 1.99. The molecule has 1 aliphatic rings. The maximum atomic E-state index is 12.0. The first-order valence-corrected chi connectivity index (χ1v) is 5.12. The van der Waals surface area contributed by atoms with E-state index in [-0.39, 0.29) is 11.3 Å². The summed E-state index contributed by atoms with van der Waals surface area (Å²) in [6, 6.07) is 7.97. The van der Waals surface area contributed by atoms with Gasteiger partial charge in [0.25, 0.3) is 0 Å². The van der Waals surface area contributed by atoms with E-state index in [4.69, 9.17) is 0 Å². The van der Waals surface area contributed by atoms with Gasteiger partial charge in [-0.25, -0.2) is 0 Å². The van der Waals surface area contributed by atoms with Crippen LogP contribution in [-0.4, -0.2) is 5.78 Å². The third kappa shape index (κ3) is 1.37. The molecule has 0 bridgehead atoms. The molecule has 0 heterocycles. The molecule has 1 heteroatoms. The van der Waals surface area contributed by atoms with Gasteiger partial charge in [0.15, 0.2) is 5.78 Å². The number of carbonyl (C=O) groups excluding carboxylic acids is 1. The van der Waals surface area contributed by atoms with Gasteiger partial charge in [-0.05, 0) is 17.4 Å². The molecule has 0 fully saturated rings. The van der Waals surface area contributed by atoms with E-state index in [2.05, 4.69) is 26.8 Å². The second-order valence-electron chi connectivity index (χ2n) is 5.14. The molecular formula is C13H16O. The third-order valence-electron chi connectivity index (χ3n) is 3.07. The highest BCUT2D eigenvalue weighted by Crippen LogP contribution is 2.37. The van der Waals surface area contributed by atoms with E-state index in [1.165, 1.54) is 5.56 Å². The van der Waals surface area contributed by atoms with Crippen molar-refractivity contribution in [2.24, 2.45) is 11.3 Å². The highest BCUT2D eigenvalue weighted by atomic mass is 16.1. The third-order valence-corrected chi connectivity index (χ3v) is 3.07. The molecule has 0 radical (unpaired) electrons. The van der Waals surface area contributed by atoms with Crippen molar-refractivity contribution in [3.05, 3.63) is 35.4 Å². The maximum Gasteiger partial charge on any atom is 0.167 e. The zero-order valence-electron chi connectivity index (χ0n) is 9.00. The molecule has 1 unspecified atom stereocenters. The van der Waals surface area contributed by atoms with Gasteiger partial charge in [0.05, 0.1) is 0 Å². The molecule has 1 atom stereocenters. The smallest absolute Gasteiger partial charge is 0.167 e. The lowest BCUT2D eigenvalue weighted by atomic mass is 9.78. The van der Waals surface area contributed by atoms with Crippen LogP contribution in [0.1, 0.15) is 36.7 Å². The number of hydrogen-bond donors (Lipinski definition) is 0. The van der Waals surface area contributed by atoms with E-state index in [1.54, 1.807) is 0 Å². The lowest BCUT2D eigenvalue weighted by Crippen LogP contribution is -2.25.